The Morgan fingerprint density at radius 1 is 1.23 bits per heavy atom. The average molecular weight is 499 g/mol. The van der Waals surface area contributed by atoms with E-state index in [0.29, 0.717) is 45.7 Å². The van der Waals surface area contributed by atoms with Crippen molar-refractivity contribution in [1.82, 2.24) is 14.7 Å². The van der Waals surface area contributed by atoms with Crippen molar-refractivity contribution in [3.05, 3.63) is 46.0 Å². The Hall–Kier alpha value is -3.27. The highest BCUT2D eigenvalue weighted by Crippen LogP contribution is 2.32. The number of rotatable bonds is 9. The molecule has 1 N–H and O–H groups in total. The zero-order valence-electron chi connectivity index (χ0n) is 20.4. The Morgan fingerprint density at radius 2 is 2.00 bits per heavy atom. The van der Waals surface area contributed by atoms with Crippen LogP contribution in [-0.4, -0.2) is 40.1 Å². The molecule has 0 saturated carbocycles. The molecule has 186 valence electrons. The second-order valence-electron chi connectivity index (χ2n) is 8.51. The van der Waals surface area contributed by atoms with Gasteiger partial charge >= 0.3 is 0 Å². The first-order chi connectivity index (χ1) is 16.9. The van der Waals surface area contributed by atoms with Crippen LogP contribution in [0.25, 0.3) is 10.9 Å². The van der Waals surface area contributed by atoms with Crippen LogP contribution >= 0.6 is 11.8 Å². The zero-order chi connectivity index (χ0) is 24.9. The number of nitrogens with zero attached hydrogens (tertiary/aromatic N) is 3. The number of methoxy groups -OCH3 is 2. The third kappa shape index (κ3) is 5.70. The molecule has 35 heavy (non-hydrogen) atoms. The van der Waals surface area contributed by atoms with E-state index >= 15 is 0 Å². The lowest BCUT2D eigenvalue weighted by Gasteiger charge is -2.18. The third-order valence-electron chi connectivity index (χ3n) is 6.00. The fraction of sp³-hybridized carbons (Fsp3) is 0.440. The zero-order valence-corrected chi connectivity index (χ0v) is 21.2. The second kappa shape index (κ2) is 11.0. The van der Waals surface area contributed by atoms with Gasteiger partial charge in [0.05, 0.1) is 30.4 Å². The van der Waals surface area contributed by atoms with E-state index in [1.54, 1.807) is 36.6 Å². The number of anilines is 1. The molecule has 3 aromatic rings. The van der Waals surface area contributed by atoms with Gasteiger partial charge < -0.3 is 19.3 Å². The van der Waals surface area contributed by atoms with Crippen LogP contribution in [0.5, 0.6) is 11.5 Å². The number of aromatic nitrogens is 3. The standard InChI is InChI=1S/C25H30N4O5S/c1-15-12-22(28-34-15)27-23(30)16(2)35-25-26-19-14-21(33-4)20(32-3)13-18(19)24(31)29(25)11-10-17-8-6-5-7-9-17/h8,12-14,16H,5-7,9-11H2,1-4H3,(H,27,28,30). The summed E-state index contributed by atoms with van der Waals surface area (Å²) in [4.78, 5) is 31.2. The largest absolute Gasteiger partial charge is 0.493 e. The number of allylic oxidation sites excluding steroid dienone is 2. The summed E-state index contributed by atoms with van der Waals surface area (Å²) in [5.74, 6) is 1.65. The van der Waals surface area contributed by atoms with Crippen molar-refractivity contribution in [3.8, 4) is 11.5 Å². The Balaban J connectivity index is 1.68. The summed E-state index contributed by atoms with van der Waals surface area (Å²) < 4.78 is 17.5. The molecule has 0 radical (unpaired) electrons. The van der Waals surface area contributed by atoms with E-state index < -0.39 is 5.25 Å². The van der Waals surface area contributed by atoms with Crippen molar-refractivity contribution in [1.29, 1.82) is 0 Å². The number of hydrogen-bond donors (Lipinski definition) is 1. The summed E-state index contributed by atoms with van der Waals surface area (Å²) in [6, 6.07) is 5.00. The highest BCUT2D eigenvalue weighted by molar-refractivity contribution is 8.00. The normalized spacial score (nSPS) is 14.5. The van der Waals surface area contributed by atoms with Crippen LogP contribution < -0.4 is 20.3 Å². The van der Waals surface area contributed by atoms with Gasteiger partial charge in [0.25, 0.3) is 5.56 Å². The molecule has 1 unspecified atom stereocenters. The Morgan fingerprint density at radius 3 is 2.66 bits per heavy atom. The molecule has 0 saturated heterocycles. The van der Waals surface area contributed by atoms with E-state index in [2.05, 4.69) is 16.5 Å². The molecule has 1 aliphatic carbocycles. The van der Waals surface area contributed by atoms with Crippen LogP contribution in [0.2, 0.25) is 0 Å². The predicted octanol–water partition coefficient (Wildman–Crippen LogP) is 4.72. The number of nitrogens with one attached hydrogen (secondary N) is 1. The monoisotopic (exact) mass is 498 g/mol. The van der Waals surface area contributed by atoms with E-state index in [1.807, 2.05) is 0 Å². The van der Waals surface area contributed by atoms with Gasteiger partial charge in [-0.2, -0.15) is 0 Å². The lowest BCUT2D eigenvalue weighted by Crippen LogP contribution is -2.27. The number of amides is 1. The molecule has 10 heteroatoms. The van der Waals surface area contributed by atoms with E-state index in [1.165, 1.54) is 44.4 Å². The third-order valence-corrected chi connectivity index (χ3v) is 7.09. The van der Waals surface area contributed by atoms with Gasteiger partial charge in [0.1, 0.15) is 5.76 Å². The number of ether oxygens (including phenoxy) is 2. The van der Waals surface area contributed by atoms with Gasteiger partial charge in [0.2, 0.25) is 5.91 Å². The second-order valence-corrected chi connectivity index (χ2v) is 9.81. The SMILES string of the molecule is COc1cc2nc(SC(C)C(=O)Nc3cc(C)on3)n(CCC3=CCCCC3)c(=O)c2cc1OC. The first-order valence-electron chi connectivity index (χ1n) is 11.6. The highest BCUT2D eigenvalue weighted by Gasteiger charge is 2.22. The maximum absolute atomic E-state index is 13.6. The molecule has 9 nitrogen and oxygen atoms in total. The fourth-order valence-corrected chi connectivity index (χ4v) is 5.00. The summed E-state index contributed by atoms with van der Waals surface area (Å²) in [6.45, 7) is 4.01. The Bertz CT molecular complexity index is 1310. The van der Waals surface area contributed by atoms with Gasteiger partial charge in [-0.15, -0.1) is 0 Å². The lowest BCUT2D eigenvalue weighted by molar-refractivity contribution is -0.115. The molecule has 0 spiro atoms. The van der Waals surface area contributed by atoms with Crippen molar-refractivity contribution in [2.45, 2.75) is 62.9 Å². The van der Waals surface area contributed by atoms with E-state index in [4.69, 9.17) is 19.0 Å². The van der Waals surface area contributed by atoms with E-state index in [-0.39, 0.29) is 11.5 Å². The molecule has 2 heterocycles. The molecular formula is C25H30N4O5S. The van der Waals surface area contributed by atoms with Gasteiger partial charge in [-0.1, -0.05) is 28.6 Å². The molecule has 1 aliphatic rings. The van der Waals surface area contributed by atoms with Gasteiger partial charge in [0.15, 0.2) is 22.5 Å². The maximum atomic E-state index is 13.6. The van der Waals surface area contributed by atoms with Gasteiger partial charge in [0, 0.05) is 18.7 Å². The minimum absolute atomic E-state index is 0.172. The number of carbonyl (C=O) groups is 1. The molecule has 0 fully saturated rings. The van der Waals surface area contributed by atoms with Crippen molar-refractivity contribution >= 4 is 34.4 Å². The number of hydrogen-bond acceptors (Lipinski definition) is 8. The van der Waals surface area contributed by atoms with Crippen LogP contribution in [0.4, 0.5) is 5.82 Å². The quantitative estimate of drug-likeness (QED) is 0.256. The smallest absolute Gasteiger partial charge is 0.262 e. The van der Waals surface area contributed by atoms with Crippen LogP contribution in [0.15, 0.2) is 44.3 Å². The molecule has 1 amide bonds. The summed E-state index contributed by atoms with van der Waals surface area (Å²) in [7, 11) is 3.07. The summed E-state index contributed by atoms with van der Waals surface area (Å²) in [6.07, 6.45) is 7.57. The molecule has 0 aliphatic heterocycles. The summed E-state index contributed by atoms with van der Waals surface area (Å²) >= 11 is 1.23. The van der Waals surface area contributed by atoms with E-state index in [0.717, 1.165) is 19.3 Å². The number of fused-ring (bicyclic) bond motifs is 1. The van der Waals surface area contributed by atoms with Crippen molar-refractivity contribution in [3.63, 3.8) is 0 Å². The molecular weight excluding hydrogens is 468 g/mol. The average Bonchev–Trinajstić information content (AvgIpc) is 3.27. The van der Waals surface area contributed by atoms with E-state index in [9.17, 15) is 9.59 Å². The van der Waals surface area contributed by atoms with Gasteiger partial charge in [-0.05, 0) is 52.0 Å². The fourth-order valence-electron chi connectivity index (χ4n) is 4.07. The van der Waals surface area contributed by atoms with Gasteiger partial charge in [-0.25, -0.2) is 4.98 Å². The molecule has 2 aromatic heterocycles. The van der Waals surface area contributed by atoms with Crippen molar-refractivity contribution in [2.24, 2.45) is 0 Å². The lowest BCUT2D eigenvalue weighted by atomic mass is 9.97. The molecule has 0 bridgehead atoms. The minimum atomic E-state index is -0.531. The molecule has 4 rings (SSSR count). The first-order valence-corrected chi connectivity index (χ1v) is 12.5. The summed E-state index contributed by atoms with van der Waals surface area (Å²) in [5, 5.41) is 6.95. The number of benzene rings is 1. The minimum Gasteiger partial charge on any atom is -0.493 e. The number of thioether (sulfide) groups is 1. The Labute approximate surface area is 207 Å². The van der Waals surface area contributed by atoms with Crippen molar-refractivity contribution in [2.75, 3.05) is 19.5 Å². The number of carbonyl (C=O) groups excluding carboxylic acids is 1. The predicted molar refractivity (Wildman–Crippen MR) is 135 cm³/mol. The summed E-state index contributed by atoms with van der Waals surface area (Å²) in [5.41, 5.74) is 1.68. The van der Waals surface area contributed by atoms with Crippen molar-refractivity contribution < 1.29 is 18.8 Å². The van der Waals surface area contributed by atoms with Crippen LogP contribution in [0, 0.1) is 6.92 Å². The first kappa shape index (κ1) is 24.8. The maximum Gasteiger partial charge on any atom is 0.262 e. The van der Waals surface area contributed by atoms with Crippen LogP contribution in [0.3, 0.4) is 0 Å². The highest BCUT2D eigenvalue weighted by atomic mass is 32.2. The van der Waals surface area contributed by atoms with Crippen LogP contribution in [-0.2, 0) is 11.3 Å². The number of aryl methyl sites for hydroxylation is 1. The molecule has 1 aromatic carbocycles. The Kier molecular flexibility index (Phi) is 7.80. The topological polar surface area (TPSA) is 108 Å². The molecule has 1 atom stereocenters. The van der Waals surface area contributed by atoms with Crippen LogP contribution in [0.1, 0.15) is 44.8 Å². The van der Waals surface area contributed by atoms with Gasteiger partial charge in [-0.3, -0.25) is 14.2 Å².